The van der Waals surface area contributed by atoms with Gasteiger partial charge in [0.2, 0.25) is 0 Å². The van der Waals surface area contributed by atoms with E-state index >= 15 is 0 Å². The zero-order chi connectivity index (χ0) is 32.3. The zero-order valence-electron chi connectivity index (χ0n) is 24.1. The van der Waals surface area contributed by atoms with Crippen LogP contribution in [0, 0.1) is 0 Å². The van der Waals surface area contributed by atoms with E-state index in [1.165, 1.54) is 0 Å². The number of urea groups is 1. The Labute approximate surface area is 253 Å². The van der Waals surface area contributed by atoms with Crippen molar-refractivity contribution in [1.29, 1.82) is 0 Å². The third-order valence-corrected chi connectivity index (χ3v) is 8.56. The first-order chi connectivity index (χ1) is 20.9. The van der Waals surface area contributed by atoms with Crippen LogP contribution in [0.15, 0.2) is 0 Å². The molecule has 0 spiro atoms. The van der Waals surface area contributed by atoms with Crippen molar-refractivity contribution in [1.82, 2.24) is 21.0 Å². The third kappa shape index (κ3) is 7.58. The summed E-state index contributed by atoms with van der Waals surface area (Å²) in [5, 5.41) is 82.8. The first-order valence-corrected chi connectivity index (χ1v) is 14.7. The average Bonchev–Trinajstić information content (AvgIpc) is 2.97. The zero-order valence-corrected chi connectivity index (χ0v) is 24.1. The van der Waals surface area contributed by atoms with Gasteiger partial charge < -0.3 is 88.5 Å². The Morgan fingerprint density at radius 3 is 2.16 bits per heavy atom. The summed E-state index contributed by atoms with van der Waals surface area (Å²) in [6.45, 7) is 0.123. The molecule has 1 saturated carbocycles. The van der Waals surface area contributed by atoms with Gasteiger partial charge in [-0.3, -0.25) is 5.21 Å². The van der Waals surface area contributed by atoms with Crippen molar-refractivity contribution < 1.29 is 59.6 Å². The normalized spacial score (nSPS) is 45.0. The highest BCUT2D eigenvalue weighted by Gasteiger charge is 2.53. The number of carbonyl (C=O) groups excluding carboxylic acids is 1. The summed E-state index contributed by atoms with van der Waals surface area (Å²) in [4.78, 5) is 12.7. The number of nitrogens with zero attached hydrogens (tertiary/aromatic N) is 1. The topological polar surface area (TPSA) is 339 Å². The molecule has 3 aliphatic heterocycles. The minimum atomic E-state index is -1.66. The molecule has 3 heterocycles. The molecule has 0 aromatic heterocycles. The minimum absolute atomic E-state index is 0.0463. The van der Waals surface area contributed by atoms with Crippen LogP contribution in [0.3, 0.4) is 0 Å². The van der Waals surface area contributed by atoms with E-state index < -0.39 is 104 Å². The summed E-state index contributed by atoms with van der Waals surface area (Å²) in [6.07, 6.45) is -15.3. The number of rotatable bonds is 11. The van der Waals surface area contributed by atoms with E-state index in [0.717, 1.165) is 0 Å². The van der Waals surface area contributed by atoms with Crippen molar-refractivity contribution >= 4 is 6.03 Å². The predicted octanol–water partition coefficient (Wildman–Crippen LogP) is -8.32. The van der Waals surface area contributed by atoms with Gasteiger partial charge in [-0.25, -0.2) is 9.86 Å². The maximum Gasteiger partial charge on any atom is 0.341 e. The van der Waals surface area contributed by atoms with Crippen molar-refractivity contribution in [3.63, 3.8) is 0 Å². The molecule has 18 N–H and O–H groups in total. The highest BCUT2D eigenvalue weighted by Crippen LogP contribution is 2.32. The Morgan fingerprint density at radius 2 is 1.57 bits per heavy atom. The van der Waals surface area contributed by atoms with Crippen LogP contribution < -0.4 is 38.9 Å². The molecule has 0 aromatic carbocycles. The van der Waals surface area contributed by atoms with Gasteiger partial charge in [-0.15, -0.1) is 0 Å². The summed E-state index contributed by atoms with van der Waals surface area (Å²) >= 11 is 0. The van der Waals surface area contributed by atoms with E-state index in [9.17, 15) is 40.6 Å². The molecule has 20 heteroatoms. The molecular weight excluding hydrogens is 592 g/mol. The molecule has 0 aromatic rings. The van der Waals surface area contributed by atoms with Crippen molar-refractivity contribution in [2.24, 2.45) is 22.9 Å². The molecule has 44 heavy (non-hydrogen) atoms. The predicted molar refractivity (Wildman–Crippen MR) is 147 cm³/mol. The van der Waals surface area contributed by atoms with Crippen molar-refractivity contribution in [3.05, 3.63) is 0 Å². The second kappa shape index (κ2) is 15.5. The Kier molecular flexibility index (Phi) is 12.4. The van der Waals surface area contributed by atoms with Crippen molar-refractivity contribution in [3.8, 4) is 0 Å². The number of nitrogens with two attached hydrogens (primary N) is 4. The Morgan fingerprint density at radius 1 is 0.909 bits per heavy atom. The summed E-state index contributed by atoms with van der Waals surface area (Å²) < 4.78 is 23.6. The fourth-order valence-corrected chi connectivity index (χ4v) is 5.83. The van der Waals surface area contributed by atoms with E-state index in [4.69, 9.17) is 41.9 Å². The molecule has 3 saturated heterocycles. The number of amides is 2. The lowest BCUT2D eigenvalue weighted by molar-refractivity contribution is -0.321. The van der Waals surface area contributed by atoms with Crippen LogP contribution in [0.1, 0.15) is 6.42 Å². The van der Waals surface area contributed by atoms with Gasteiger partial charge in [0.15, 0.2) is 12.6 Å². The first kappa shape index (κ1) is 35.4. The molecule has 0 radical (unpaired) electrons. The number of hydroxylamine groups is 2. The monoisotopic (exact) mass is 640 g/mol. The first-order valence-electron chi connectivity index (χ1n) is 14.7. The van der Waals surface area contributed by atoms with Crippen LogP contribution in [0.25, 0.3) is 0 Å². The van der Waals surface area contributed by atoms with Crippen LogP contribution in [0.2, 0.25) is 0 Å². The smallest absolute Gasteiger partial charge is 0.341 e. The van der Waals surface area contributed by atoms with Gasteiger partial charge in [-0.05, 0) is 6.42 Å². The molecule has 0 unspecified atom stereocenters. The fraction of sp³-hybridized carbons (Fsp3) is 0.958. The Bertz CT molecular complexity index is 926. The molecule has 4 rings (SSSR count). The highest BCUT2D eigenvalue weighted by atomic mass is 16.7. The van der Waals surface area contributed by atoms with Gasteiger partial charge >= 0.3 is 6.03 Å². The van der Waals surface area contributed by atoms with Crippen LogP contribution in [-0.2, 0) is 18.9 Å². The maximum absolute atomic E-state index is 12.7. The van der Waals surface area contributed by atoms with Gasteiger partial charge in [0.25, 0.3) is 0 Å². The summed E-state index contributed by atoms with van der Waals surface area (Å²) in [5.41, 5.74) is 23.5. The Balaban J connectivity index is 1.58. The number of carbonyl (C=O) groups is 1. The largest absolute Gasteiger partial charge is 0.394 e. The number of aliphatic hydroxyl groups is 6. The number of nitrogens with one attached hydrogen (secondary N) is 3. The van der Waals surface area contributed by atoms with Crippen LogP contribution in [-0.4, -0.2) is 184 Å². The van der Waals surface area contributed by atoms with E-state index in [2.05, 4.69) is 16.0 Å². The molecule has 15 atom stereocenters. The van der Waals surface area contributed by atoms with Crippen LogP contribution in [0.4, 0.5) is 4.79 Å². The second-order valence-electron chi connectivity index (χ2n) is 11.7. The molecule has 0 bridgehead atoms. The molecule has 256 valence electrons. The van der Waals surface area contributed by atoms with Crippen LogP contribution in [0.5, 0.6) is 0 Å². The number of hydrogen-bond donors (Lipinski definition) is 14. The van der Waals surface area contributed by atoms with E-state index in [0.29, 0.717) is 18.2 Å². The number of aliphatic hydroxyl groups excluding tert-OH is 6. The molecule has 2 amide bonds. The lowest BCUT2D eigenvalue weighted by Gasteiger charge is -2.50. The van der Waals surface area contributed by atoms with E-state index in [1.54, 1.807) is 0 Å². The lowest BCUT2D eigenvalue weighted by atomic mass is 9.83. The number of hydrogen-bond acceptors (Lipinski definition) is 18. The summed E-state index contributed by atoms with van der Waals surface area (Å²) in [6, 6.07) is -5.38. The van der Waals surface area contributed by atoms with Crippen LogP contribution >= 0.6 is 0 Å². The summed E-state index contributed by atoms with van der Waals surface area (Å²) in [5.74, 6) is 0. The van der Waals surface area contributed by atoms with Gasteiger partial charge in [0.05, 0.1) is 31.3 Å². The molecule has 4 aliphatic rings. The van der Waals surface area contributed by atoms with Gasteiger partial charge in [-0.1, -0.05) is 0 Å². The lowest BCUT2D eigenvalue weighted by Crippen LogP contribution is -2.72. The molecular formula is C24H48N8O12. The van der Waals surface area contributed by atoms with E-state index in [-0.39, 0.29) is 32.1 Å². The van der Waals surface area contributed by atoms with Gasteiger partial charge in [0, 0.05) is 38.3 Å². The maximum atomic E-state index is 12.7. The van der Waals surface area contributed by atoms with Gasteiger partial charge in [-0.2, -0.15) is 0 Å². The minimum Gasteiger partial charge on any atom is -0.394 e. The standard InChI is InChI=1S/C24H48N8O12/c25-1-2-32(40)24(39)31-10-3-9(27)20(19(38)21(10)44-23-17(36)13(28)15(34)12(7-33)42-23)43-22-14(30-8-5-29-6-8)18(37)16(35)11(4-26)41-22/h8-23,29-30,33-38,40H,1-7,25-28H2,(H,31,39)/t9-,10+,11+,12+,13-,14+,15+,16+,17+,18+,19-,20+,21-,22+,23+/m0/s1. The molecule has 1 aliphatic carbocycles. The quantitative estimate of drug-likeness (QED) is 0.0736. The van der Waals surface area contributed by atoms with Crippen molar-refractivity contribution in [2.45, 2.75) is 104 Å². The van der Waals surface area contributed by atoms with E-state index in [1.807, 2.05) is 0 Å². The second-order valence-corrected chi connectivity index (χ2v) is 11.7. The van der Waals surface area contributed by atoms with Gasteiger partial charge in [0.1, 0.15) is 54.9 Å². The average molecular weight is 641 g/mol. The Hall–Kier alpha value is -1.41. The summed E-state index contributed by atoms with van der Waals surface area (Å²) in [7, 11) is 0. The fourth-order valence-electron chi connectivity index (χ4n) is 5.83. The molecule has 20 nitrogen and oxygen atoms in total. The third-order valence-electron chi connectivity index (χ3n) is 8.56. The SMILES string of the molecule is NCCN(O)C(=O)N[C@@H]1C[C@H](N)[C@@H](O[C@H]2O[C@H](CN)[C@@H](O)[C@H](O)[C@H]2NC2CNC2)[C@H](O)[C@H]1O[C@H]1O[C@H](CO)[C@@H](O)[C@H](N)[C@H]1O. The van der Waals surface area contributed by atoms with Crippen molar-refractivity contribution in [2.75, 3.05) is 39.3 Å². The number of ether oxygens (including phenoxy) is 4. The highest BCUT2D eigenvalue weighted by molar-refractivity contribution is 5.73. The molecule has 4 fully saturated rings.